The molecule has 3 aromatic rings. The summed E-state index contributed by atoms with van der Waals surface area (Å²) >= 11 is 1.68. The van der Waals surface area contributed by atoms with Crippen LogP contribution in [0, 0.1) is 5.82 Å². The van der Waals surface area contributed by atoms with Gasteiger partial charge in [0.05, 0.1) is 0 Å². The van der Waals surface area contributed by atoms with Crippen LogP contribution in [-0.4, -0.2) is 39.8 Å². The lowest BCUT2D eigenvalue weighted by Gasteiger charge is -2.19. The van der Waals surface area contributed by atoms with Crippen LogP contribution in [0.25, 0.3) is 11.3 Å². The minimum Gasteiger partial charge on any atom is -0.355 e. The summed E-state index contributed by atoms with van der Waals surface area (Å²) in [5.74, 6) is 0.911. The van der Waals surface area contributed by atoms with Crippen molar-refractivity contribution in [2.45, 2.75) is 11.7 Å². The van der Waals surface area contributed by atoms with Gasteiger partial charge in [0, 0.05) is 53.7 Å². The number of hydrogen-bond donors (Lipinski definition) is 0. The van der Waals surface area contributed by atoms with E-state index in [0.717, 1.165) is 11.3 Å². The molecule has 0 spiro atoms. The lowest BCUT2D eigenvalue weighted by atomic mass is 10.1. The van der Waals surface area contributed by atoms with E-state index in [1.807, 2.05) is 18.2 Å². The molecule has 1 aromatic carbocycles. The average Bonchev–Trinajstić information content (AvgIpc) is 3.07. The van der Waals surface area contributed by atoms with Gasteiger partial charge >= 0.3 is 0 Å². The summed E-state index contributed by atoms with van der Waals surface area (Å²) in [6, 6.07) is 12.1. The number of aromatic nitrogens is 2. The van der Waals surface area contributed by atoms with Crippen LogP contribution < -0.4 is 0 Å². The van der Waals surface area contributed by atoms with Gasteiger partial charge in [0.1, 0.15) is 5.82 Å². The topological polar surface area (TPSA) is 59.2 Å². The Hall–Kier alpha value is -2.67. The molecule has 1 amide bonds. The largest absolute Gasteiger partial charge is 0.355 e. The van der Waals surface area contributed by atoms with Crippen LogP contribution in [-0.2, 0) is 0 Å². The number of nitrogens with zero attached hydrogens (tertiary/aromatic N) is 3. The second-order valence-electron chi connectivity index (χ2n) is 6.28. The summed E-state index contributed by atoms with van der Waals surface area (Å²) in [4.78, 5) is 18.6. The zero-order valence-corrected chi connectivity index (χ0v) is 15.4. The molecule has 1 saturated heterocycles. The smallest absolute Gasteiger partial charge is 0.276 e. The molecule has 5 nitrogen and oxygen atoms in total. The van der Waals surface area contributed by atoms with E-state index in [1.54, 1.807) is 47.3 Å². The monoisotopic (exact) mass is 383 g/mol. The Morgan fingerprint density at radius 2 is 2.11 bits per heavy atom. The Balaban J connectivity index is 1.46. The molecule has 1 fully saturated rings. The highest BCUT2D eigenvalue weighted by Crippen LogP contribution is 2.35. The van der Waals surface area contributed by atoms with E-state index < -0.39 is 0 Å². The van der Waals surface area contributed by atoms with Gasteiger partial charge in [-0.3, -0.25) is 9.78 Å². The minimum absolute atomic E-state index is 0.0484. The average molecular weight is 383 g/mol. The molecule has 2 aromatic heterocycles. The molecule has 3 heterocycles. The van der Waals surface area contributed by atoms with Gasteiger partial charge in [-0.2, -0.15) is 11.8 Å². The first-order valence-corrected chi connectivity index (χ1v) is 9.79. The van der Waals surface area contributed by atoms with Gasteiger partial charge in [-0.1, -0.05) is 23.4 Å². The highest BCUT2D eigenvalue weighted by Gasteiger charge is 2.26. The van der Waals surface area contributed by atoms with Crippen LogP contribution in [0.3, 0.4) is 0 Å². The number of carbonyl (C=O) groups excluding carboxylic acids is 1. The summed E-state index contributed by atoms with van der Waals surface area (Å²) < 4.78 is 19.4. The molecule has 0 radical (unpaired) electrons. The Morgan fingerprint density at radius 3 is 2.93 bits per heavy atom. The number of rotatable bonds is 3. The Bertz CT molecular complexity index is 932. The van der Waals surface area contributed by atoms with E-state index >= 15 is 0 Å². The lowest BCUT2D eigenvalue weighted by Crippen LogP contribution is -2.33. The molecular formula is C20H18FN3O2S. The fraction of sp³-hybridized carbons (Fsp3) is 0.250. The van der Waals surface area contributed by atoms with Crippen molar-refractivity contribution in [3.8, 4) is 11.3 Å². The quantitative estimate of drug-likeness (QED) is 0.679. The standard InChI is InChI=1S/C20H18FN3O2S/c21-16-6-2-1-5-15(16)19-7-9-24(10-11-27-19)20(25)17-12-18(26-23-17)14-4-3-8-22-13-14/h1-6,8,12-13,19H,7,9-11H2. The molecular weight excluding hydrogens is 365 g/mol. The predicted molar refractivity (Wildman–Crippen MR) is 102 cm³/mol. The zero-order chi connectivity index (χ0) is 18.6. The first-order chi connectivity index (χ1) is 13.2. The molecule has 1 aliphatic heterocycles. The predicted octanol–water partition coefficient (Wildman–Crippen LogP) is 4.20. The molecule has 0 N–H and O–H groups in total. The van der Waals surface area contributed by atoms with Crippen molar-refractivity contribution < 1.29 is 13.7 Å². The highest BCUT2D eigenvalue weighted by atomic mass is 32.2. The minimum atomic E-state index is -0.188. The van der Waals surface area contributed by atoms with Crippen molar-refractivity contribution in [2.24, 2.45) is 0 Å². The summed E-state index contributed by atoms with van der Waals surface area (Å²) in [6.45, 7) is 1.16. The molecule has 1 aliphatic rings. The van der Waals surface area contributed by atoms with E-state index in [1.165, 1.54) is 6.07 Å². The van der Waals surface area contributed by atoms with Crippen LogP contribution >= 0.6 is 11.8 Å². The van der Waals surface area contributed by atoms with Crippen LogP contribution in [0.1, 0.15) is 27.7 Å². The van der Waals surface area contributed by atoms with E-state index in [4.69, 9.17) is 4.52 Å². The molecule has 138 valence electrons. The fourth-order valence-corrected chi connectivity index (χ4v) is 4.39. The number of halogens is 1. The summed E-state index contributed by atoms with van der Waals surface area (Å²) in [7, 11) is 0. The third kappa shape index (κ3) is 3.88. The third-order valence-corrected chi connectivity index (χ3v) is 5.87. The molecule has 0 bridgehead atoms. The molecule has 0 aliphatic carbocycles. The molecule has 0 saturated carbocycles. The van der Waals surface area contributed by atoms with Gasteiger partial charge < -0.3 is 9.42 Å². The van der Waals surface area contributed by atoms with Crippen molar-refractivity contribution in [2.75, 3.05) is 18.8 Å². The molecule has 7 heteroatoms. The Morgan fingerprint density at radius 1 is 1.22 bits per heavy atom. The van der Waals surface area contributed by atoms with Gasteiger partial charge in [-0.15, -0.1) is 0 Å². The second kappa shape index (κ2) is 7.92. The number of carbonyl (C=O) groups is 1. The van der Waals surface area contributed by atoms with Crippen molar-refractivity contribution in [3.05, 3.63) is 71.9 Å². The Labute approximate surface area is 160 Å². The first kappa shape index (κ1) is 17.7. The van der Waals surface area contributed by atoms with Gasteiger partial charge in [-0.05, 0) is 24.6 Å². The lowest BCUT2D eigenvalue weighted by molar-refractivity contribution is 0.0756. The van der Waals surface area contributed by atoms with E-state index in [9.17, 15) is 9.18 Å². The van der Waals surface area contributed by atoms with Crippen molar-refractivity contribution in [1.82, 2.24) is 15.0 Å². The van der Waals surface area contributed by atoms with E-state index in [-0.39, 0.29) is 22.7 Å². The van der Waals surface area contributed by atoms with Crippen molar-refractivity contribution >= 4 is 17.7 Å². The van der Waals surface area contributed by atoms with Crippen molar-refractivity contribution in [1.29, 1.82) is 0 Å². The maximum Gasteiger partial charge on any atom is 0.276 e. The first-order valence-electron chi connectivity index (χ1n) is 8.75. The summed E-state index contributed by atoms with van der Waals surface area (Å²) in [5.41, 5.74) is 1.76. The number of benzene rings is 1. The van der Waals surface area contributed by atoms with Crippen LogP contribution in [0.5, 0.6) is 0 Å². The van der Waals surface area contributed by atoms with Gasteiger partial charge in [0.2, 0.25) is 0 Å². The van der Waals surface area contributed by atoms with Crippen LogP contribution in [0.2, 0.25) is 0 Å². The molecule has 27 heavy (non-hydrogen) atoms. The SMILES string of the molecule is O=C(c1cc(-c2cccnc2)on1)N1CCSC(c2ccccc2F)CC1. The van der Waals surface area contributed by atoms with Gasteiger partial charge in [0.25, 0.3) is 5.91 Å². The third-order valence-electron chi connectivity index (χ3n) is 4.56. The maximum atomic E-state index is 14.1. The van der Waals surface area contributed by atoms with Gasteiger partial charge in [0.15, 0.2) is 11.5 Å². The normalized spacial score (nSPS) is 17.5. The summed E-state index contributed by atoms with van der Waals surface area (Å²) in [6.07, 6.45) is 4.04. The van der Waals surface area contributed by atoms with E-state index in [2.05, 4.69) is 10.1 Å². The number of hydrogen-bond acceptors (Lipinski definition) is 5. The molecule has 4 rings (SSSR count). The van der Waals surface area contributed by atoms with E-state index in [0.29, 0.717) is 30.8 Å². The number of pyridine rings is 1. The van der Waals surface area contributed by atoms with Crippen LogP contribution in [0.15, 0.2) is 59.4 Å². The number of amides is 1. The molecule has 1 atom stereocenters. The van der Waals surface area contributed by atoms with Gasteiger partial charge in [-0.25, -0.2) is 4.39 Å². The highest BCUT2D eigenvalue weighted by molar-refractivity contribution is 7.99. The zero-order valence-electron chi connectivity index (χ0n) is 14.5. The maximum absolute atomic E-state index is 14.1. The molecule has 1 unspecified atom stereocenters. The van der Waals surface area contributed by atoms with Crippen LogP contribution in [0.4, 0.5) is 4.39 Å². The summed E-state index contributed by atoms with van der Waals surface area (Å²) in [5, 5.41) is 3.98. The number of thioether (sulfide) groups is 1. The second-order valence-corrected chi connectivity index (χ2v) is 7.59. The Kier molecular flexibility index (Phi) is 5.20. The van der Waals surface area contributed by atoms with Crippen molar-refractivity contribution in [3.63, 3.8) is 0 Å². The fourth-order valence-electron chi connectivity index (χ4n) is 3.14.